The quantitative estimate of drug-likeness (QED) is 0.780. The van der Waals surface area contributed by atoms with Crippen LogP contribution in [0.5, 0.6) is 0 Å². The second-order valence-electron chi connectivity index (χ2n) is 8.34. The van der Waals surface area contributed by atoms with Crippen LogP contribution in [0.25, 0.3) is 0 Å². The van der Waals surface area contributed by atoms with Crippen LogP contribution >= 0.6 is 7.29 Å². The first-order valence-corrected chi connectivity index (χ1v) is 11.3. The molecule has 0 unspecified atom stereocenters. The molecule has 4 heteroatoms. The van der Waals surface area contributed by atoms with E-state index in [2.05, 4.69) is 30.8 Å². The molecule has 1 N–H and O–H groups in total. The summed E-state index contributed by atoms with van der Waals surface area (Å²) >= 11 is 0. The second-order valence-corrected chi connectivity index (χ2v) is 10.8. The number of nitrogens with one attached hydrogen (secondary N) is 1. The lowest BCUT2D eigenvalue weighted by Gasteiger charge is -2.37. The molecule has 0 amide bonds. The van der Waals surface area contributed by atoms with Crippen molar-refractivity contribution in [1.29, 1.82) is 0 Å². The fourth-order valence-corrected chi connectivity index (χ4v) is 6.21. The summed E-state index contributed by atoms with van der Waals surface area (Å²) in [5.74, 6) is 0. The van der Waals surface area contributed by atoms with E-state index in [1.54, 1.807) is 0 Å². The van der Waals surface area contributed by atoms with Gasteiger partial charge in [0.05, 0.1) is 0 Å². The van der Waals surface area contributed by atoms with Crippen LogP contribution in [0.1, 0.15) is 33.6 Å². The molecule has 3 rings (SSSR count). The Morgan fingerprint density at radius 2 is 1.38 bits per heavy atom. The number of nitrogens with zero attached hydrogens (tertiary/aromatic N) is 1. The van der Waals surface area contributed by atoms with Gasteiger partial charge in [0.25, 0.3) is 0 Å². The Morgan fingerprint density at radius 1 is 0.923 bits per heavy atom. The number of hydrogen-bond acceptors (Lipinski definition) is 2. The maximum absolute atomic E-state index is 14.3. The van der Waals surface area contributed by atoms with Gasteiger partial charge in [-0.2, -0.15) is 0 Å². The third-order valence-corrected chi connectivity index (χ3v) is 7.99. The van der Waals surface area contributed by atoms with Crippen LogP contribution in [0.15, 0.2) is 60.7 Å². The fraction of sp³-hybridized carbons (Fsp3) is 0.455. The van der Waals surface area contributed by atoms with Crippen molar-refractivity contribution in [2.75, 3.05) is 19.6 Å². The monoisotopic (exact) mass is 370 g/mol. The van der Waals surface area contributed by atoms with Crippen LogP contribution in [0, 0.1) is 5.41 Å². The standard InChI is InChI=1S/C22H31N2OP/c1-22(2,3)21(18-24-16-10-11-17-24)23-26(25,19-12-6-4-7-13-19)20-14-8-5-9-15-20/h4-9,12-15,21H,10-11,16-18H2,1-3H3,(H,23,25)/t21-/m1/s1. The van der Waals surface area contributed by atoms with Gasteiger partial charge >= 0.3 is 0 Å². The lowest BCUT2D eigenvalue weighted by Crippen LogP contribution is -2.49. The third-order valence-electron chi connectivity index (χ3n) is 5.26. The molecule has 1 aliphatic heterocycles. The Balaban J connectivity index is 1.96. The summed E-state index contributed by atoms with van der Waals surface area (Å²) in [4.78, 5) is 2.50. The molecule has 1 atom stereocenters. The number of rotatable bonds is 6. The molecular formula is C22H31N2OP. The Kier molecular flexibility index (Phi) is 6.02. The largest absolute Gasteiger partial charge is 0.302 e. The van der Waals surface area contributed by atoms with Gasteiger partial charge < -0.3 is 4.90 Å². The van der Waals surface area contributed by atoms with Crippen molar-refractivity contribution < 1.29 is 4.57 Å². The van der Waals surface area contributed by atoms with Gasteiger partial charge in [0.15, 0.2) is 0 Å². The zero-order valence-electron chi connectivity index (χ0n) is 16.2. The van der Waals surface area contributed by atoms with Gasteiger partial charge in [-0.15, -0.1) is 0 Å². The predicted molar refractivity (Wildman–Crippen MR) is 112 cm³/mol. The highest BCUT2D eigenvalue weighted by Gasteiger charge is 2.36. The Hall–Kier alpha value is -1.41. The average Bonchev–Trinajstić information content (AvgIpc) is 3.15. The van der Waals surface area contributed by atoms with Crippen molar-refractivity contribution in [2.45, 2.75) is 39.7 Å². The minimum atomic E-state index is -2.91. The molecular weight excluding hydrogens is 339 g/mol. The molecule has 1 fully saturated rings. The highest BCUT2D eigenvalue weighted by molar-refractivity contribution is 7.76. The lowest BCUT2D eigenvalue weighted by molar-refractivity contribution is 0.214. The van der Waals surface area contributed by atoms with E-state index in [0.717, 1.165) is 30.2 Å². The summed E-state index contributed by atoms with van der Waals surface area (Å²) < 4.78 is 14.3. The van der Waals surface area contributed by atoms with Crippen LogP contribution in [0.2, 0.25) is 0 Å². The minimum absolute atomic E-state index is 0.0157. The van der Waals surface area contributed by atoms with Crippen LogP contribution in [0.4, 0.5) is 0 Å². The number of benzene rings is 2. The van der Waals surface area contributed by atoms with E-state index in [0.29, 0.717) is 0 Å². The van der Waals surface area contributed by atoms with Crippen LogP contribution in [-0.2, 0) is 4.57 Å². The molecule has 140 valence electrons. The van der Waals surface area contributed by atoms with Crippen molar-refractivity contribution in [3.05, 3.63) is 60.7 Å². The molecule has 3 nitrogen and oxygen atoms in total. The highest BCUT2D eigenvalue weighted by atomic mass is 31.2. The van der Waals surface area contributed by atoms with Crippen molar-refractivity contribution in [3.63, 3.8) is 0 Å². The smallest absolute Gasteiger partial charge is 0.204 e. The van der Waals surface area contributed by atoms with E-state index in [9.17, 15) is 4.57 Å². The topological polar surface area (TPSA) is 32.3 Å². The van der Waals surface area contributed by atoms with Crippen molar-refractivity contribution in [3.8, 4) is 0 Å². The summed E-state index contributed by atoms with van der Waals surface area (Å²) in [5.41, 5.74) is 0.0157. The van der Waals surface area contributed by atoms with Gasteiger partial charge in [-0.05, 0) is 55.6 Å². The van der Waals surface area contributed by atoms with E-state index < -0.39 is 7.29 Å². The summed E-state index contributed by atoms with van der Waals surface area (Å²) in [6, 6.07) is 19.9. The molecule has 1 heterocycles. The Morgan fingerprint density at radius 3 is 1.81 bits per heavy atom. The molecule has 0 aromatic heterocycles. The highest BCUT2D eigenvalue weighted by Crippen LogP contribution is 2.41. The van der Waals surface area contributed by atoms with Gasteiger partial charge in [-0.25, -0.2) is 0 Å². The summed E-state index contributed by atoms with van der Waals surface area (Å²) in [6.45, 7) is 9.95. The third kappa shape index (κ3) is 4.46. The van der Waals surface area contributed by atoms with Gasteiger partial charge in [0.1, 0.15) is 0 Å². The van der Waals surface area contributed by atoms with Crippen LogP contribution < -0.4 is 15.7 Å². The van der Waals surface area contributed by atoms with Crippen molar-refractivity contribution >= 4 is 17.9 Å². The van der Waals surface area contributed by atoms with Crippen LogP contribution in [-0.4, -0.2) is 30.6 Å². The molecule has 0 aliphatic carbocycles. The van der Waals surface area contributed by atoms with E-state index >= 15 is 0 Å². The molecule has 26 heavy (non-hydrogen) atoms. The molecule has 1 saturated heterocycles. The van der Waals surface area contributed by atoms with Gasteiger partial charge in [-0.1, -0.05) is 57.2 Å². The van der Waals surface area contributed by atoms with Gasteiger partial charge in [0, 0.05) is 23.2 Å². The first kappa shape index (κ1) is 19.4. The van der Waals surface area contributed by atoms with Crippen molar-refractivity contribution in [1.82, 2.24) is 9.99 Å². The number of hydrogen-bond donors (Lipinski definition) is 1. The summed E-state index contributed by atoms with van der Waals surface area (Å²) in [7, 11) is -2.91. The Labute approximate surface area is 158 Å². The Bertz CT molecular complexity index is 690. The second kappa shape index (κ2) is 8.08. The van der Waals surface area contributed by atoms with Crippen LogP contribution in [0.3, 0.4) is 0 Å². The number of likely N-dealkylation sites (tertiary alicyclic amines) is 1. The molecule has 0 radical (unpaired) electrons. The first-order valence-electron chi connectivity index (χ1n) is 9.61. The molecule has 0 spiro atoms. The molecule has 0 saturated carbocycles. The van der Waals surface area contributed by atoms with Gasteiger partial charge in [-0.3, -0.25) is 9.65 Å². The molecule has 0 bridgehead atoms. The zero-order valence-corrected chi connectivity index (χ0v) is 17.1. The van der Waals surface area contributed by atoms with Gasteiger partial charge in [0.2, 0.25) is 7.29 Å². The molecule has 1 aliphatic rings. The van der Waals surface area contributed by atoms with E-state index in [1.165, 1.54) is 12.8 Å². The zero-order chi connectivity index (χ0) is 18.6. The lowest BCUT2D eigenvalue weighted by atomic mass is 9.87. The first-order chi connectivity index (χ1) is 12.4. The normalized spacial score (nSPS) is 17.3. The molecule has 2 aromatic carbocycles. The predicted octanol–water partition coefficient (Wildman–Crippen LogP) is 4.02. The fourth-order valence-electron chi connectivity index (χ4n) is 3.53. The summed E-state index contributed by atoms with van der Waals surface area (Å²) in [5, 5.41) is 5.40. The van der Waals surface area contributed by atoms with E-state index in [-0.39, 0.29) is 11.5 Å². The van der Waals surface area contributed by atoms with E-state index in [1.807, 2.05) is 60.7 Å². The molecule has 2 aromatic rings. The summed E-state index contributed by atoms with van der Waals surface area (Å²) in [6.07, 6.45) is 2.54. The van der Waals surface area contributed by atoms with Crippen molar-refractivity contribution in [2.24, 2.45) is 5.41 Å². The maximum Gasteiger partial charge on any atom is 0.204 e. The minimum Gasteiger partial charge on any atom is -0.302 e. The maximum atomic E-state index is 14.3. The average molecular weight is 370 g/mol. The van der Waals surface area contributed by atoms with E-state index in [4.69, 9.17) is 0 Å². The SMILES string of the molecule is CC(C)(C)[C@@H](CN1CCCC1)NP(=O)(c1ccccc1)c1ccccc1.